The van der Waals surface area contributed by atoms with Crippen molar-refractivity contribution in [1.82, 2.24) is 5.32 Å². The number of hydrogen-bond acceptors (Lipinski definition) is 3. The van der Waals surface area contributed by atoms with Crippen LogP contribution in [0.3, 0.4) is 0 Å². The van der Waals surface area contributed by atoms with Crippen LogP contribution >= 0.6 is 0 Å². The van der Waals surface area contributed by atoms with E-state index in [1.165, 1.54) is 0 Å². The number of nitrogens with two attached hydrogens (primary N) is 1. The predicted molar refractivity (Wildman–Crippen MR) is 62.2 cm³/mol. The second-order valence-corrected chi connectivity index (χ2v) is 4.36. The highest BCUT2D eigenvalue weighted by molar-refractivity contribution is 5.90. The molecule has 0 saturated heterocycles. The molecule has 1 unspecified atom stereocenters. The SMILES string of the molecule is CCCC(NC(=O)C1CCCC1)/C(N)=N/O. The van der Waals surface area contributed by atoms with E-state index in [4.69, 9.17) is 10.9 Å². The molecule has 0 spiro atoms. The molecule has 5 nitrogen and oxygen atoms in total. The topological polar surface area (TPSA) is 87.7 Å². The van der Waals surface area contributed by atoms with E-state index in [9.17, 15) is 4.79 Å². The van der Waals surface area contributed by atoms with E-state index in [-0.39, 0.29) is 23.7 Å². The van der Waals surface area contributed by atoms with E-state index in [0.29, 0.717) is 6.42 Å². The highest BCUT2D eigenvalue weighted by Gasteiger charge is 2.25. The van der Waals surface area contributed by atoms with Gasteiger partial charge in [0, 0.05) is 5.92 Å². The molecule has 1 aliphatic rings. The van der Waals surface area contributed by atoms with Crippen molar-refractivity contribution in [3.8, 4) is 0 Å². The van der Waals surface area contributed by atoms with Gasteiger partial charge in [-0.05, 0) is 19.3 Å². The molecule has 1 saturated carbocycles. The number of hydrogen-bond donors (Lipinski definition) is 3. The molecule has 1 amide bonds. The van der Waals surface area contributed by atoms with Crippen molar-refractivity contribution >= 4 is 11.7 Å². The summed E-state index contributed by atoms with van der Waals surface area (Å²) in [6, 6.07) is -0.330. The van der Waals surface area contributed by atoms with Crippen molar-refractivity contribution < 1.29 is 10.0 Å². The second-order valence-electron chi connectivity index (χ2n) is 4.36. The fraction of sp³-hybridized carbons (Fsp3) is 0.818. The minimum atomic E-state index is -0.330. The van der Waals surface area contributed by atoms with Gasteiger partial charge in [0.25, 0.3) is 0 Å². The zero-order valence-electron chi connectivity index (χ0n) is 9.78. The fourth-order valence-corrected chi connectivity index (χ4v) is 2.13. The number of amides is 1. The van der Waals surface area contributed by atoms with Gasteiger partial charge in [0.1, 0.15) is 0 Å². The average Bonchev–Trinajstić information content (AvgIpc) is 2.80. The van der Waals surface area contributed by atoms with Crippen LogP contribution < -0.4 is 11.1 Å². The molecule has 16 heavy (non-hydrogen) atoms. The van der Waals surface area contributed by atoms with Gasteiger partial charge in [-0.1, -0.05) is 31.3 Å². The number of carbonyl (C=O) groups is 1. The summed E-state index contributed by atoms with van der Waals surface area (Å²) in [6.45, 7) is 2.00. The van der Waals surface area contributed by atoms with Gasteiger partial charge >= 0.3 is 0 Å². The summed E-state index contributed by atoms with van der Waals surface area (Å²) in [5.74, 6) is 0.251. The van der Waals surface area contributed by atoms with Crippen molar-refractivity contribution in [1.29, 1.82) is 0 Å². The maximum atomic E-state index is 11.8. The molecular formula is C11H21N3O2. The van der Waals surface area contributed by atoms with Crippen molar-refractivity contribution in [2.24, 2.45) is 16.8 Å². The van der Waals surface area contributed by atoms with Gasteiger partial charge in [-0.25, -0.2) is 0 Å². The second kappa shape index (κ2) is 6.35. The number of rotatable bonds is 5. The lowest BCUT2D eigenvalue weighted by Gasteiger charge is -2.19. The molecule has 4 N–H and O–H groups in total. The number of amidine groups is 1. The maximum absolute atomic E-state index is 11.8. The average molecular weight is 227 g/mol. The van der Waals surface area contributed by atoms with Crippen LogP contribution in [0.5, 0.6) is 0 Å². The van der Waals surface area contributed by atoms with E-state index < -0.39 is 0 Å². The number of oxime groups is 1. The zero-order chi connectivity index (χ0) is 12.0. The molecule has 1 fully saturated rings. The Hall–Kier alpha value is -1.26. The first kappa shape index (κ1) is 12.8. The van der Waals surface area contributed by atoms with E-state index >= 15 is 0 Å². The molecular weight excluding hydrogens is 206 g/mol. The zero-order valence-corrected chi connectivity index (χ0v) is 9.78. The molecule has 0 aliphatic heterocycles. The lowest BCUT2D eigenvalue weighted by Crippen LogP contribution is -2.46. The van der Waals surface area contributed by atoms with Crippen LogP contribution in [0, 0.1) is 5.92 Å². The van der Waals surface area contributed by atoms with Crippen molar-refractivity contribution in [3.63, 3.8) is 0 Å². The lowest BCUT2D eigenvalue weighted by atomic mass is 10.1. The number of carbonyl (C=O) groups excluding carboxylic acids is 1. The Morgan fingerprint density at radius 2 is 2.19 bits per heavy atom. The minimum absolute atomic E-state index is 0.0440. The third-order valence-electron chi connectivity index (χ3n) is 3.09. The fourth-order valence-electron chi connectivity index (χ4n) is 2.13. The van der Waals surface area contributed by atoms with Crippen LogP contribution in [0.1, 0.15) is 45.4 Å². The molecule has 0 aromatic heterocycles. The molecule has 0 bridgehead atoms. The minimum Gasteiger partial charge on any atom is -0.409 e. The van der Waals surface area contributed by atoms with Gasteiger partial charge in [0.2, 0.25) is 5.91 Å². The first-order valence-electron chi connectivity index (χ1n) is 5.96. The Morgan fingerprint density at radius 1 is 1.56 bits per heavy atom. The number of nitrogens with one attached hydrogen (secondary N) is 1. The van der Waals surface area contributed by atoms with Gasteiger partial charge in [0.15, 0.2) is 5.84 Å². The Balaban J connectivity index is 2.50. The van der Waals surface area contributed by atoms with Crippen LogP contribution in [0.25, 0.3) is 0 Å². The largest absolute Gasteiger partial charge is 0.409 e. The molecule has 1 atom stereocenters. The van der Waals surface area contributed by atoms with Gasteiger partial charge in [-0.15, -0.1) is 0 Å². The molecule has 1 rings (SSSR count). The van der Waals surface area contributed by atoms with Crippen molar-refractivity contribution in [2.45, 2.75) is 51.5 Å². The Morgan fingerprint density at radius 3 is 2.69 bits per heavy atom. The normalized spacial score (nSPS) is 19.7. The maximum Gasteiger partial charge on any atom is 0.223 e. The Kier molecular flexibility index (Phi) is 5.08. The predicted octanol–water partition coefficient (Wildman–Crippen LogP) is 1.21. The van der Waals surface area contributed by atoms with Crippen LogP contribution in [0.2, 0.25) is 0 Å². The highest BCUT2D eigenvalue weighted by atomic mass is 16.4. The van der Waals surface area contributed by atoms with E-state index in [1.807, 2.05) is 6.92 Å². The van der Waals surface area contributed by atoms with Gasteiger partial charge in [0.05, 0.1) is 6.04 Å². The molecule has 0 heterocycles. The van der Waals surface area contributed by atoms with Crippen molar-refractivity contribution in [2.75, 3.05) is 0 Å². The van der Waals surface area contributed by atoms with E-state index in [0.717, 1.165) is 32.1 Å². The molecule has 1 aliphatic carbocycles. The summed E-state index contributed by atoms with van der Waals surface area (Å²) in [4.78, 5) is 11.8. The highest BCUT2D eigenvalue weighted by Crippen LogP contribution is 2.24. The van der Waals surface area contributed by atoms with Crippen LogP contribution in [0.15, 0.2) is 5.16 Å². The summed E-state index contributed by atoms with van der Waals surface area (Å²) < 4.78 is 0. The summed E-state index contributed by atoms with van der Waals surface area (Å²) in [6.07, 6.45) is 5.75. The number of nitrogens with zero attached hydrogens (tertiary/aromatic N) is 1. The lowest BCUT2D eigenvalue weighted by molar-refractivity contribution is -0.125. The smallest absolute Gasteiger partial charge is 0.223 e. The monoisotopic (exact) mass is 227 g/mol. The molecule has 0 aromatic rings. The summed E-state index contributed by atoms with van der Waals surface area (Å²) in [5.41, 5.74) is 5.54. The molecule has 0 radical (unpaired) electrons. The first-order valence-corrected chi connectivity index (χ1v) is 5.96. The Bertz CT molecular complexity index is 260. The molecule has 92 valence electrons. The van der Waals surface area contributed by atoms with Gasteiger partial charge < -0.3 is 16.3 Å². The Labute approximate surface area is 96.1 Å². The van der Waals surface area contributed by atoms with Crippen LogP contribution in [-0.2, 0) is 4.79 Å². The molecule has 5 heteroatoms. The van der Waals surface area contributed by atoms with Gasteiger partial charge in [-0.2, -0.15) is 0 Å². The summed E-state index contributed by atoms with van der Waals surface area (Å²) in [5, 5.41) is 14.4. The standard InChI is InChI=1S/C11H21N3O2/c1-2-5-9(10(12)14-16)13-11(15)8-6-3-4-7-8/h8-9,16H,2-7H2,1H3,(H2,12,14)(H,13,15). The van der Waals surface area contributed by atoms with E-state index in [2.05, 4.69) is 10.5 Å². The van der Waals surface area contributed by atoms with Crippen molar-refractivity contribution in [3.05, 3.63) is 0 Å². The molecule has 0 aromatic carbocycles. The summed E-state index contributed by atoms with van der Waals surface area (Å²) in [7, 11) is 0. The summed E-state index contributed by atoms with van der Waals surface area (Å²) >= 11 is 0. The quantitative estimate of drug-likeness (QED) is 0.285. The van der Waals surface area contributed by atoms with Crippen LogP contribution in [0.4, 0.5) is 0 Å². The van der Waals surface area contributed by atoms with Crippen LogP contribution in [-0.4, -0.2) is 23.0 Å². The van der Waals surface area contributed by atoms with Gasteiger partial charge in [-0.3, -0.25) is 4.79 Å². The first-order chi connectivity index (χ1) is 7.69. The third kappa shape index (κ3) is 3.40. The van der Waals surface area contributed by atoms with E-state index in [1.54, 1.807) is 0 Å². The third-order valence-corrected chi connectivity index (χ3v) is 3.09.